The minimum Gasteiger partial charge on any atom is -0.358 e. The molecule has 0 radical (unpaired) electrons. The summed E-state index contributed by atoms with van der Waals surface area (Å²) in [5.41, 5.74) is 0. The van der Waals surface area contributed by atoms with Gasteiger partial charge in [-0.05, 0) is 12.7 Å². The zero-order valence-corrected chi connectivity index (χ0v) is 8.83. The maximum absolute atomic E-state index is 10.9. The highest BCUT2D eigenvalue weighted by Crippen LogP contribution is 1.99. The third-order valence-corrected chi connectivity index (χ3v) is 2.43. The van der Waals surface area contributed by atoms with Gasteiger partial charge in [-0.15, -0.1) is 0 Å². The zero-order valence-electron chi connectivity index (χ0n) is 8.02. The number of thioether (sulfide) groups is 1. The van der Waals surface area contributed by atoms with E-state index in [0.717, 1.165) is 12.2 Å². The van der Waals surface area contributed by atoms with E-state index in [1.165, 1.54) is 0 Å². The first kappa shape index (κ1) is 11.8. The second kappa shape index (κ2) is 7.43. The summed E-state index contributed by atoms with van der Waals surface area (Å²) in [7, 11) is 1.65. The standard InChI is InChI=1S/C8H18N2OS/c1-4-7(6-12-3)10-5-8(11)9-2/h7,10H,4-6H2,1-3H3,(H,9,11). The Hall–Kier alpha value is -0.220. The van der Waals surface area contributed by atoms with Gasteiger partial charge in [-0.25, -0.2) is 0 Å². The minimum atomic E-state index is 0.0505. The highest BCUT2D eigenvalue weighted by molar-refractivity contribution is 7.98. The molecule has 1 unspecified atom stereocenters. The third kappa shape index (κ3) is 5.43. The molecule has 0 aliphatic carbocycles. The first-order valence-electron chi connectivity index (χ1n) is 4.17. The van der Waals surface area contributed by atoms with Crippen molar-refractivity contribution in [2.75, 3.05) is 25.6 Å². The fraction of sp³-hybridized carbons (Fsp3) is 0.875. The Morgan fingerprint density at radius 3 is 2.67 bits per heavy atom. The van der Waals surface area contributed by atoms with Crippen LogP contribution in [0.4, 0.5) is 0 Å². The highest BCUT2D eigenvalue weighted by atomic mass is 32.2. The predicted molar refractivity (Wildman–Crippen MR) is 54.5 cm³/mol. The summed E-state index contributed by atoms with van der Waals surface area (Å²) in [6.07, 6.45) is 3.14. The molecule has 0 bridgehead atoms. The van der Waals surface area contributed by atoms with Crippen molar-refractivity contribution in [3.05, 3.63) is 0 Å². The molecule has 0 aliphatic rings. The second-order valence-corrected chi connectivity index (χ2v) is 3.53. The molecule has 0 saturated heterocycles. The molecule has 0 heterocycles. The topological polar surface area (TPSA) is 41.1 Å². The van der Waals surface area contributed by atoms with Gasteiger partial charge >= 0.3 is 0 Å². The van der Waals surface area contributed by atoms with Gasteiger partial charge in [0.1, 0.15) is 0 Å². The van der Waals surface area contributed by atoms with Gasteiger partial charge in [-0.3, -0.25) is 4.79 Å². The van der Waals surface area contributed by atoms with Crippen LogP contribution in [0.5, 0.6) is 0 Å². The molecule has 12 heavy (non-hydrogen) atoms. The van der Waals surface area contributed by atoms with E-state index in [1.807, 2.05) is 0 Å². The smallest absolute Gasteiger partial charge is 0.233 e. The summed E-state index contributed by atoms with van der Waals surface area (Å²) in [5, 5.41) is 5.77. The van der Waals surface area contributed by atoms with E-state index in [0.29, 0.717) is 12.6 Å². The van der Waals surface area contributed by atoms with Crippen LogP contribution in [0.25, 0.3) is 0 Å². The lowest BCUT2D eigenvalue weighted by Crippen LogP contribution is -2.38. The monoisotopic (exact) mass is 190 g/mol. The largest absolute Gasteiger partial charge is 0.358 e. The Morgan fingerprint density at radius 1 is 1.58 bits per heavy atom. The molecule has 0 aromatic heterocycles. The van der Waals surface area contributed by atoms with E-state index < -0.39 is 0 Å². The maximum Gasteiger partial charge on any atom is 0.233 e. The van der Waals surface area contributed by atoms with Gasteiger partial charge in [0.15, 0.2) is 0 Å². The predicted octanol–water partition coefficient (Wildman–Crippen LogP) is 0.464. The van der Waals surface area contributed by atoms with E-state index in [9.17, 15) is 4.79 Å². The summed E-state index contributed by atoms with van der Waals surface area (Å²) in [6.45, 7) is 2.55. The number of nitrogens with one attached hydrogen (secondary N) is 2. The first-order chi connectivity index (χ1) is 5.74. The summed E-state index contributed by atoms with van der Waals surface area (Å²) < 4.78 is 0. The Labute approximate surface area is 78.7 Å². The van der Waals surface area contributed by atoms with Gasteiger partial charge in [-0.2, -0.15) is 11.8 Å². The minimum absolute atomic E-state index is 0.0505. The Balaban J connectivity index is 3.50. The molecule has 2 N–H and O–H groups in total. The number of hydrogen-bond acceptors (Lipinski definition) is 3. The summed E-state index contributed by atoms with van der Waals surface area (Å²) in [6, 6.07) is 0.456. The Kier molecular flexibility index (Phi) is 7.29. The molecular formula is C8H18N2OS. The van der Waals surface area contributed by atoms with Crippen molar-refractivity contribution < 1.29 is 4.79 Å². The molecule has 0 aromatic carbocycles. The van der Waals surface area contributed by atoms with Crippen LogP contribution in [0.2, 0.25) is 0 Å². The fourth-order valence-corrected chi connectivity index (χ4v) is 1.60. The van der Waals surface area contributed by atoms with Crippen LogP contribution in [-0.2, 0) is 4.79 Å². The maximum atomic E-state index is 10.9. The van der Waals surface area contributed by atoms with Gasteiger partial charge in [0.05, 0.1) is 6.54 Å². The van der Waals surface area contributed by atoms with Crippen molar-refractivity contribution in [1.29, 1.82) is 0 Å². The van der Waals surface area contributed by atoms with Crippen molar-refractivity contribution in [1.82, 2.24) is 10.6 Å². The first-order valence-corrected chi connectivity index (χ1v) is 5.56. The van der Waals surface area contributed by atoms with Crippen LogP contribution < -0.4 is 10.6 Å². The quantitative estimate of drug-likeness (QED) is 0.639. The van der Waals surface area contributed by atoms with Crippen LogP contribution in [0, 0.1) is 0 Å². The van der Waals surface area contributed by atoms with Gasteiger partial charge < -0.3 is 10.6 Å². The van der Waals surface area contributed by atoms with E-state index >= 15 is 0 Å². The van der Waals surface area contributed by atoms with Crippen LogP contribution in [0.15, 0.2) is 0 Å². The average molecular weight is 190 g/mol. The fourth-order valence-electron chi connectivity index (χ4n) is 0.848. The number of amides is 1. The summed E-state index contributed by atoms with van der Waals surface area (Å²) in [5.74, 6) is 1.11. The van der Waals surface area contributed by atoms with Crippen LogP contribution in [0.1, 0.15) is 13.3 Å². The van der Waals surface area contributed by atoms with Crippen molar-refractivity contribution >= 4 is 17.7 Å². The van der Waals surface area contributed by atoms with Gasteiger partial charge in [0, 0.05) is 18.8 Å². The van der Waals surface area contributed by atoms with Gasteiger partial charge in [0.25, 0.3) is 0 Å². The SMILES string of the molecule is CCC(CSC)NCC(=O)NC. The molecule has 0 fully saturated rings. The Morgan fingerprint density at radius 2 is 2.25 bits per heavy atom. The molecule has 0 saturated carbocycles. The summed E-state index contributed by atoms with van der Waals surface area (Å²) in [4.78, 5) is 10.9. The average Bonchev–Trinajstić information content (AvgIpc) is 2.11. The molecule has 72 valence electrons. The van der Waals surface area contributed by atoms with Crippen LogP contribution >= 0.6 is 11.8 Å². The molecule has 4 heteroatoms. The van der Waals surface area contributed by atoms with Gasteiger partial charge in [0.2, 0.25) is 5.91 Å². The van der Waals surface area contributed by atoms with Crippen molar-refractivity contribution in [2.24, 2.45) is 0 Å². The lowest BCUT2D eigenvalue weighted by molar-refractivity contribution is -0.119. The van der Waals surface area contributed by atoms with Crippen molar-refractivity contribution in [3.63, 3.8) is 0 Å². The van der Waals surface area contributed by atoms with Gasteiger partial charge in [-0.1, -0.05) is 6.92 Å². The summed E-state index contributed by atoms with van der Waals surface area (Å²) >= 11 is 1.80. The molecule has 0 aliphatic heterocycles. The number of hydrogen-bond donors (Lipinski definition) is 2. The molecular weight excluding hydrogens is 172 g/mol. The van der Waals surface area contributed by atoms with E-state index in [4.69, 9.17) is 0 Å². The van der Waals surface area contributed by atoms with E-state index in [-0.39, 0.29) is 5.91 Å². The lowest BCUT2D eigenvalue weighted by Gasteiger charge is -2.14. The molecule has 0 spiro atoms. The van der Waals surface area contributed by atoms with Crippen LogP contribution in [-0.4, -0.2) is 37.6 Å². The number of carbonyl (C=O) groups is 1. The van der Waals surface area contributed by atoms with E-state index in [1.54, 1.807) is 18.8 Å². The lowest BCUT2D eigenvalue weighted by atomic mass is 10.2. The van der Waals surface area contributed by atoms with E-state index in [2.05, 4.69) is 23.8 Å². The molecule has 1 amide bonds. The molecule has 1 atom stereocenters. The second-order valence-electron chi connectivity index (χ2n) is 2.61. The molecule has 3 nitrogen and oxygen atoms in total. The number of carbonyl (C=O) groups excluding carboxylic acids is 1. The normalized spacial score (nSPS) is 12.6. The molecule has 0 aromatic rings. The number of rotatable bonds is 6. The zero-order chi connectivity index (χ0) is 9.40. The van der Waals surface area contributed by atoms with Crippen LogP contribution in [0.3, 0.4) is 0 Å². The Bertz CT molecular complexity index is 130. The van der Waals surface area contributed by atoms with Crippen molar-refractivity contribution in [3.8, 4) is 0 Å². The number of likely N-dealkylation sites (N-methyl/N-ethyl adjacent to an activating group) is 1. The highest BCUT2D eigenvalue weighted by Gasteiger charge is 2.05. The van der Waals surface area contributed by atoms with Crippen molar-refractivity contribution in [2.45, 2.75) is 19.4 Å². The molecule has 0 rings (SSSR count). The third-order valence-electron chi connectivity index (χ3n) is 1.69.